The maximum atomic E-state index is 10.9. The molecule has 1 aromatic carbocycles. The van der Waals surface area contributed by atoms with Gasteiger partial charge in [0, 0.05) is 0 Å². The van der Waals surface area contributed by atoms with Crippen LogP contribution in [0.1, 0.15) is 17.0 Å². The molecule has 0 heterocycles. The first-order valence-corrected chi connectivity index (χ1v) is 3.85. The predicted octanol–water partition coefficient (Wildman–Crippen LogP) is 1.28. The zero-order chi connectivity index (χ0) is 8.55. The van der Waals surface area contributed by atoms with Gasteiger partial charge in [-0.05, 0) is 11.1 Å². The van der Waals surface area contributed by atoms with Crippen LogP contribution in [0, 0.1) is 0 Å². The lowest BCUT2D eigenvalue weighted by Crippen LogP contribution is -2.18. The van der Waals surface area contributed by atoms with Gasteiger partial charge in [0.15, 0.2) is 0 Å². The fourth-order valence-corrected chi connectivity index (χ4v) is 1.50. The summed E-state index contributed by atoms with van der Waals surface area (Å²) in [5.41, 5.74) is 7.34. The van der Waals surface area contributed by atoms with Crippen LogP contribution < -0.4 is 5.73 Å². The van der Waals surface area contributed by atoms with Crippen LogP contribution in [0.25, 0.3) is 6.08 Å². The molecule has 2 rings (SSSR count). The quantitative estimate of drug-likeness (QED) is 0.659. The molecular weight excluding hydrogens is 150 g/mol. The topological polar surface area (TPSA) is 43.1 Å². The van der Waals surface area contributed by atoms with Gasteiger partial charge in [-0.2, -0.15) is 0 Å². The molecule has 0 fully saturated rings. The van der Waals surface area contributed by atoms with E-state index < -0.39 is 0 Å². The number of hydrogen-bond acceptors (Lipinski definition) is 1. The second kappa shape index (κ2) is 2.48. The summed E-state index contributed by atoms with van der Waals surface area (Å²) < 4.78 is 0. The number of benzene rings is 1. The van der Waals surface area contributed by atoms with Crippen LogP contribution in [-0.2, 0) is 4.79 Å². The van der Waals surface area contributed by atoms with Gasteiger partial charge >= 0.3 is 0 Å². The van der Waals surface area contributed by atoms with Gasteiger partial charge in [0.25, 0.3) is 0 Å². The highest BCUT2D eigenvalue weighted by Gasteiger charge is 2.20. The van der Waals surface area contributed by atoms with Crippen molar-refractivity contribution in [2.45, 2.75) is 5.92 Å². The van der Waals surface area contributed by atoms with Crippen molar-refractivity contribution < 1.29 is 4.79 Å². The monoisotopic (exact) mass is 159 g/mol. The first-order chi connectivity index (χ1) is 5.79. The minimum absolute atomic E-state index is 0.221. The Hall–Kier alpha value is -1.57. The van der Waals surface area contributed by atoms with Gasteiger partial charge in [-0.1, -0.05) is 36.4 Å². The molecule has 0 aliphatic heterocycles. The lowest BCUT2D eigenvalue weighted by molar-refractivity contribution is -0.118. The standard InChI is InChI=1S/C10H9NO/c11-10(12)9-6-5-7-3-1-2-4-8(7)9/h1-6,9H,(H2,11,12)/t9-/m1/s1. The average molecular weight is 159 g/mol. The van der Waals surface area contributed by atoms with Crippen molar-refractivity contribution in [3.63, 3.8) is 0 Å². The summed E-state index contributed by atoms with van der Waals surface area (Å²) in [6.45, 7) is 0. The summed E-state index contributed by atoms with van der Waals surface area (Å²) in [6.07, 6.45) is 3.78. The van der Waals surface area contributed by atoms with Gasteiger partial charge in [0.2, 0.25) is 5.91 Å². The Kier molecular flexibility index (Phi) is 1.47. The first kappa shape index (κ1) is 7.10. The third kappa shape index (κ3) is 0.925. The van der Waals surface area contributed by atoms with E-state index in [9.17, 15) is 4.79 Å². The maximum Gasteiger partial charge on any atom is 0.228 e. The second-order valence-corrected chi connectivity index (χ2v) is 2.87. The van der Waals surface area contributed by atoms with Gasteiger partial charge in [-0.15, -0.1) is 0 Å². The molecule has 2 N–H and O–H groups in total. The summed E-state index contributed by atoms with van der Waals surface area (Å²) in [4.78, 5) is 10.9. The zero-order valence-corrected chi connectivity index (χ0v) is 6.53. The van der Waals surface area contributed by atoms with Crippen molar-refractivity contribution in [2.75, 3.05) is 0 Å². The third-order valence-corrected chi connectivity index (χ3v) is 2.11. The van der Waals surface area contributed by atoms with Crippen LogP contribution in [0.4, 0.5) is 0 Å². The van der Waals surface area contributed by atoms with Crippen molar-refractivity contribution in [3.05, 3.63) is 41.5 Å². The van der Waals surface area contributed by atoms with E-state index in [1.807, 2.05) is 36.4 Å². The number of rotatable bonds is 1. The van der Waals surface area contributed by atoms with E-state index in [1.54, 1.807) is 0 Å². The van der Waals surface area contributed by atoms with Crippen LogP contribution in [0.5, 0.6) is 0 Å². The zero-order valence-electron chi connectivity index (χ0n) is 6.53. The van der Waals surface area contributed by atoms with Crippen molar-refractivity contribution >= 4 is 12.0 Å². The number of hydrogen-bond donors (Lipinski definition) is 1. The molecule has 1 atom stereocenters. The molecule has 0 radical (unpaired) electrons. The van der Waals surface area contributed by atoms with E-state index in [2.05, 4.69) is 0 Å². The Morgan fingerprint density at radius 1 is 1.33 bits per heavy atom. The van der Waals surface area contributed by atoms with Crippen molar-refractivity contribution in [2.24, 2.45) is 5.73 Å². The van der Waals surface area contributed by atoms with Gasteiger partial charge in [-0.3, -0.25) is 4.79 Å². The van der Waals surface area contributed by atoms with Crippen LogP contribution in [-0.4, -0.2) is 5.91 Å². The van der Waals surface area contributed by atoms with Gasteiger partial charge in [-0.25, -0.2) is 0 Å². The highest BCUT2D eigenvalue weighted by molar-refractivity contribution is 5.89. The highest BCUT2D eigenvalue weighted by atomic mass is 16.1. The summed E-state index contributed by atoms with van der Waals surface area (Å²) in [5.74, 6) is -0.502. The molecule has 1 aliphatic rings. The van der Waals surface area contributed by atoms with Crippen LogP contribution in [0.3, 0.4) is 0 Å². The fourth-order valence-electron chi connectivity index (χ4n) is 1.50. The number of carbonyl (C=O) groups is 1. The summed E-state index contributed by atoms with van der Waals surface area (Å²) >= 11 is 0. The summed E-state index contributed by atoms with van der Waals surface area (Å²) in [7, 11) is 0. The van der Waals surface area contributed by atoms with E-state index in [1.165, 1.54) is 0 Å². The lowest BCUT2D eigenvalue weighted by Gasteiger charge is -2.04. The van der Waals surface area contributed by atoms with E-state index in [0.717, 1.165) is 11.1 Å². The molecule has 0 bridgehead atoms. The predicted molar refractivity (Wildman–Crippen MR) is 47.4 cm³/mol. The Balaban J connectivity index is 2.49. The number of primary amides is 1. The molecule has 12 heavy (non-hydrogen) atoms. The Bertz CT molecular complexity index is 355. The molecule has 1 aliphatic carbocycles. The third-order valence-electron chi connectivity index (χ3n) is 2.11. The molecule has 60 valence electrons. The molecule has 0 saturated heterocycles. The molecule has 1 amide bonds. The smallest absolute Gasteiger partial charge is 0.228 e. The van der Waals surface area contributed by atoms with Gasteiger partial charge in [0.1, 0.15) is 0 Å². The summed E-state index contributed by atoms with van der Waals surface area (Å²) in [6, 6.07) is 7.79. The molecule has 2 nitrogen and oxygen atoms in total. The molecule has 0 saturated carbocycles. The Labute approximate surface area is 70.7 Å². The molecule has 1 aromatic rings. The highest BCUT2D eigenvalue weighted by Crippen LogP contribution is 2.28. The van der Waals surface area contributed by atoms with E-state index >= 15 is 0 Å². The summed E-state index contributed by atoms with van der Waals surface area (Å²) in [5, 5.41) is 0. The van der Waals surface area contributed by atoms with E-state index in [-0.39, 0.29) is 11.8 Å². The molecular formula is C10H9NO. The molecule has 0 unspecified atom stereocenters. The minimum Gasteiger partial charge on any atom is -0.369 e. The minimum atomic E-state index is -0.281. The molecule has 0 aromatic heterocycles. The Morgan fingerprint density at radius 2 is 2.08 bits per heavy atom. The van der Waals surface area contributed by atoms with E-state index in [4.69, 9.17) is 5.73 Å². The SMILES string of the molecule is NC(=O)[C@@H]1C=Cc2ccccc21. The maximum absolute atomic E-state index is 10.9. The van der Waals surface area contributed by atoms with Crippen LogP contribution in [0.2, 0.25) is 0 Å². The molecule has 2 heteroatoms. The van der Waals surface area contributed by atoms with Crippen LogP contribution >= 0.6 is 0 Å². The Morgan fingerprint density at radius 3 is 2.83 bits per heavy atom. The first-order valence-electron chi connectivity index (χ1n) is 3.85. The number of nitrogens with two attached hydrogens (primary N) is 1. The number of amides is 1. The van der Waals surface area contributed by atoms with Gasteiger partial charge < -0.3 is 5.73 Å². The fraction of sp³-hybridized carbons (Fsp3) is 0.100. The number of fused-ring (bicyclic) bond motifs is 1. The van der Waals surface area contributed by atoms with E-state index in [0.29, 0.717) is 0 Å². The average Bonchev–Trinajstić information content (AvgIpc) is 2.47. The van der Waals surface area contributed by atoms with Crippen LogP contribution in [0.15, 0.2) is 30.3 Å². The van der Waals surface area contributed by atoms with Crippen molar-refractivity contribution in [1.82, 2.24) is 0 Å². The van der Waals surface area contributed by atoms with Crippen molar-refractivity contribution in [1.29, 1.82) is 0 Å². The second-order valence-electron chi connectivity index (χ2n) is 2.87. The largest absolute Gasteiger partial charge is 0.369 e. The lowest BCUT2D eigenvalue weighted by atomic mass is 10.0. The molecule has 0 spiro atoms. The van der Waals surface area contributed by atoms with Gasteiger partial charge in [0.05, 0.1) is 5.92 Å². The normalized spacial score (nSPS) is 19.2. The van der Waals surface area contributed by atoms with Crippen molar-refractivity contribution in [3.8, 4) is 0 Å². The number of carbonyl (C=O) groups excluding carboxylic acids is 1.